The Labute approximate surface area is 208 Å². The van der Waals surface area contributed by atoms with Gasteiger partial charge in [-0.3, -0.25) is 9.59 Å². The average molecular weight is 526 g/mol. The van der Waals surface area contributed by atoms with E-state index in [1.807, 2.05) is 0 Å². The molecular weight excluding hydrogens is 503 g/mol. The fraction of sp³-hybridized carbons (Fsp3) is 0.261. The van der Waals surface area contributed by atoms with Crippen LogP contribution in [0.2, 0.25) is 0 Å². The van der Waals surface area contributed by atoms with E-state index in [2.05, 4.69) is 20.4 Å². The number of aromatic nitrogens is 1. The van der Waals surface area contributed by atoms with Crippen molar-refractivity contribution in [2.45, 2.75) is 19.5 Å². The number of amides is 2. The van der Waals surface area contributed by atoms with Crippen LogP contribution in [0, 0.1) is 0 Å². The first-order valence-electron chi connectivity index (χ1n) is 10.4. The topological polar surface area (TPSA) is 108 Å². The number of ether oxygens (including phenoxy) is 4. The lowest BCUT2D eigenvalue weighted by molar-refractivity contribution is -0.274. The number of nitrogens with one attached hydrogen (secondary N) is 2. The molecule has 9 nitrogen and oxygen atoms in total. The molecular formula is C23H22F3N3O6S. The molecule has 1 heterocycles. The van der Waals surface area contributed by atoms with Gasteiger partial charge in [0.15, 0.2) is 18.1 Å². The maximum Gasteiger partial charge on any atom is 0.573 e. The van der Waals surface area contributed by atoms with E-state index in [-0.39, 0.29) is 37.0 Å². The summed E-state index contributed by atoms with van der Waals surface area (Å²) in [6, 6.07) is 9.96. The summed E-state index contributed by atoms with van der Waals surface area (Å²) < 4.78 is 56.0. The second kappa shape index (κ2) is 12.1. The van der Waals surface area contributed by atoms with Gasteiger partial charge in [-0.25, -0.2) is 4.98 Å². The van der Waals surface area contributed by atoms with Crippen molar-refractivity contribution < 1.29 is 41.7 Å². The molecule has 0 aliphatic heterocycles. The summed E-state index contributed by atoms with van der Waals surface area (Å²) in [5.74, 6) is 0.0826. The third kappa shape index (κ3) is 8.05. The van der Waals surface area contributed by atoms with Crippen LogP contribution in [0.15, 0.2) is 47.8 Å². The highest BCUT2D eigenvalue weighted by atomic mass is 32.1. The minimum absolute atomic E-state index is 0.0776. The number of methoxy groups -OCH3 is 2. The third-order valence-corrected chi connectivity index (χ3v) is 5.40. The Balaban J connectivity index is 1.42. The lowest BCUT2D eigenvalue weighted by atomic mass is 10.2. The minimum atomic E-state index is -4.79. The predicted molar refractivity (Wildman–Crippen MR) is 123 cm³/mol. The number of thiazole rings is 1. The van der Waals surface area contributed by atoms with E-state index in [1.54, 1.807) is 23.6 Å². The number of carbonyl (C=O) groups is 2. The zero-order valence-corrected chi connectivity index (χ0v) is 20.0. The first-order valence-corrected chi connectivity index (χ1v) is 11.2. The summed E-state index contributed by atoms with van der Waals surface area (Å²) in [6.07, 6.45) is -4.79. The third-order valence-electron chi connectivity index (χ3n) is 4.55. The fourth-order valence-corrected chi connectivity index (χ4v) is 3.59. The second-order valence-corrected chi connectivity index (χ2v) is 8.03. The van der Waals surface area contributed by atoms with Crippen molar-refractivity contribution >= 4 is 23.2 Å². The molecule has 0 aliphatic rings. The van der Waals surface area contributed by atoms with Crippen molar-refractivity contribution in [1.82, 2.24) is 15.6 Å². The van der Waals surface area contributed by atoms with Gasteiger partial charge in [0, 0.05) is 11.9 Å². The van der Waals surface area contributed by atoms with Gasteiger partial charge in [0.2, 0.25) is 0 Å². The van der Waals surface area contributed by atoms with Crippen LogP contribution >= 0.6 is 11.3 Å². The summed E-state index contributed by atoms with van der Waals surface area (Å²) in [5, 5.41) is 7.45. The van der Waals surface area contributed by atoms with Crippen molar-refractivity contribution in [3.8, 4) is 23.0 Å². The van der Waals surface area contributed by atoms with Crippen molar-refractivity contribution in [3.05, 3.63) is 64.1 Å². The summed E-state index contributed by atoms with van der Waals surface area (Å²) in [4.78, 5) is 28.6. The normalized spacial score (nSPS) is 10.9. The quantitative estimate of drug-likeness (QED) is 0.393. The van der Waals surface area contributed by atoms with Crippen molar-refractivity contribution in [2.24, 2.45) is 0 Å². The molecule has 2 amide bonds. The number of hydrogen-bond acceptors (Lipinski definition) is 8. The number of halogens is 3. The van der Waals surface area contributed by atoms with Gasteiger partial charge in [0.05, 0.1) is 20.8 Å². The van der Waals surface area contributed by atoms with Gasteiger partial charge in [-0.15, -0.1) is 24.5 Å². The van der Waals surface area contributed by atoms with E-state index >= 15 is 0 Å². The lowest BCUT2D eigenvalue weighted by Crippen LogP contribution is -2.28. The van der Waals surface area contributed by atoms with Crippen LogP contribution in [0.25, 0.3) is 0 Å². The molecule has 0 atom stereocenters. The maximum absolute atomic E-state index is 12.4. The number of alkyl halides is 3. The van der Waals surface area contributed by atoms with Gasteiger partial charge in [-0.2, -0.15) is 0 Å². The van der Waals surface area contributed by atoms with Gasteiger partial charge in [-0.1, -0.05) is 6.07 Å². The summed E-state index contributed by atoms with van der Waals surface area (Å²) in [7, 11) is 3.06. The van der Waals surface area contributed by atoms with Gasteiger partial charge >= 0.3 is 6.36 Å². The molecule has 0 aliphatic carbocycles. The SMILES string of the molecule is COc1ccc(CNC(=O)c2csc(CNC(=O)COc3ccc(OC(F)(F)F)cc3)n2)cc1OC. The number of benzene rings is 2. The van der Waals surface area contributed by atoms with Crippen LogP contribution in [0.1, 0.15) is 21.1 Å². The predicted octanol–water partition coefficient (Wildman–Crippen LogP) is 3.68. The molecule has 0 saturated carbocycles. The van der Waals surface area contributed by atoms with E-state index in [1.165, 1.54) is 37.7 Å². The molecule has 0 fully saturated rings. The first kappa shape index (κ1) is 26.6. The first-order chi connectivity index (χ1) is 17.2. The highest BCUT2D eigenvalue weighted by molar-refractivity contribution is 7.09. The number of nitrogens with zero attached hydrogens (tertiary/aromatic N) is 1. The Morgan fingerprint density at radius 1 is 0.944 bits per heavy atom. The van der Waals surface area contributed by atoms with Crippen LogP contribution in [0.5, 0.6) is 23.0 Å². The zero-order chi connectivity index (χ0) is 26.1. The molecule has 13 heteroatoms. The number of hydrogen-bond donors (Lipinski definition) is 2. The molecule has 3 aromatic rings. The summed E-state index contributed by atoms with van der Waals surface area (Å²) >= 11 is 1.20. The van der Waals surface area contributed by atoms with Crippen molar-refractivity contribution in [3.63, 3.8) is 0 Å². The highest BCUT2D eigenvalue weighted by Crippen LogP contribution is 2.27. The molecule has 1 aromatic heterocycles. The minimum Gasteiger partial charge on any atom is -0.493 e. The Morgan fingerprint density at radius 2 is 1.64 bits per heavy atom. The average Bonchev–Trinajstić information content (AvgIpc) is 3.33. The molecule has 192 valence electrons. The molecule has 3 rings (SSSR count). The number of rotatable bonds is 11. The highest BCUT2D eigenvalue weighted by Gasteiger charge is 2.31. The monoisotopic (exact) mass is 525 g/mol. The number of carbonyl (C=O) groups excluding carboxylic acids is 2. The van der Waals surface area contributed by atoms with Gasteiger partial charge in [0.1, 0.15) is 22.2 Å². The van der Waals surface area contributed by atoms with Crippen LogP contribution in [-0.2, 0) is 17.9 Å². The summed E-state index contributed by atoms with van der Waals surface area (Å²) in [5.41, 5.74) is 1.02. The standard InChI is InChI=1S/C23H22F3N3O6S/c1-32-18-8-3-14(9-19(18)33-2)10-28-22(31)17-13-36-21(29-17)11-27-20(30)12-34-15-4-6-16(7-5-15)35-23(24,25)26/h3-9,13H,10-12H2,1-2H3,(H,27,30)(H,28,31). The van der Waals surface area contributed by atoms with E-state index in [4.69, 9.17) is 14.2 Å². The Hall–Kier alpha value is -4.00. The second-order valence-electron chi connectivity index (χ2n) is 7.08. The Kier molecular flexibility index (Phi) is 8.95. The molecule has 0 radical (unpaired) electrons. The van der Waals surface area contributed by atoms with E-state index in [9.17, 15) is 22.8 Å². The van der Waals surface area contributed by atoms with Crippen molar-refractivity contribution in [2.75, 3.05) is 20.8 Å². The molecule has 0 saturated heterocycles. The fourth-order valence-electron chi connectivity index (χ4n) is 2.87. The Morgan fingerprint density at radius 3 is 2.31 bits per heavy atom. The van der Waals surface area contributed by atoms with Gasteiger partial charge in [0.25, 0.3) is 11.8 Å². The molecule has 0 spiro atoms. The van der Waals surface area contributed by atoms with Crippen LogP contribution in [0.4, 0.5) is 13.2 Å². The molecule has 2 aromatic carbocycles. The van der Waals surface area contributed by atoms with E-state index in [0.29, 0.717) is 16.5 Å². The smallest absolute Gasteiger partial charge is 0.493 e. The Bertz CT molecular complexity index is 1180. The van der Waals surface area contributed by atoms with Gasteiger partial charge in [-0.05, 0) is 42.0 Å². The van der Waals surface area contributed by atoms with Crippen LogP contribution in [0.3, 0.4) is 0 Å². The van der Waals surface area contributed by atoms with Crippen LogP contribution in [-0.4, -0.2) is 44.0 Å². The van der Waals surface area contributed by atoms with Crippen LogP contribution < -0.4 is 29.6 Å². The van der Waals surface area contributed by atoms with Gasteiger partial charge < -0.3 is 29.6 Å². The molecule has 0 unspecified atom stereocenters. The van der Waals surface area contributed by atoms with Crippen molar-refractivity contribution in [1.29, 1.82) is 0 Å². The zero-order valence-electron chi connectivity index (χ0n) is 19.2. The summed E-state index contributed by atoms with van der Waals surface area (Å²) in [6.45, 7) is -0.0267. The maximum atomic E-state index is 12.4. The largest absolute Gasteiger partial charge is 0.573 e. The molecule has 0 bridgehead atoms. The lowest BCUT2D eigenvalue weighted by Gasteiger charge is -2.10. The van der Waals surface area contributed by atoms with E-state index in [0.717, 1.165) is 17.7 Å². The molecule has 2 N–H and O–H groups in total. The van der Waals surface area contributed by atoms with E-state index < -0.39 is 18.0 Å². The molecule has 36 heavy (non-hydrogen) atoms.